The molecule has 1 fully saturated rings. The standard InChI is InChI=1S/C32H35ClN4O7/c1-7-17-36-19-22(25(38)21-14-15-23(33)35-27(21)36)28(39)34-16-11-18-42-29(40)26-24(20-12-9-8-10-13-20)37(32(5,6)43-26)30(41)44-31(2,3)4/h1,8-10,12-15,19,24,26H,11,16-18H2,2-6H3,(H,34,39)/t24-,26+/m1/s1. The lowest BCUT2D eigenvalue weighted by molar-refractivity contribution is -0.161. The SMILES string of the molecule is C#CCn1cc(C(=O)NCCCOC(=O)[C@H]2OC(C)(C)N(C(=O)OC(C)(C)C)[C@@H]2c2ccccc2)c(=O)c2ccc(Cl)nc21. The van der Waals surface area contributed by atoms with E-state index < -0.39 is 46.9 Å². The summed E-state index contributed by atoms with van der Waals surface area (Å²) in [6.07, 6.45) is 5.31. The zero-order valence-electron chi connectivity index (χ0n) is 25.3. The molecule has 2 atom stereocenters. The Kier molecular flexibility index (Phi) is 9.66. The van der Waals surface area contributed by atoms with Crippen molar-refractivity contribution in [3.63, 3.8) is 0 Å². The Labute approximate surface area is 260 Å². The third-order valence-electron chi connectivity index (χ3n) is 6.77. The number of halogens is 1. The Morgan fingerprint density at radius 3 is 2.52 bits per heavy atom. The number of benzene rings is 1. The molecule has 44 heavy (non-hydrogen) atoms. The molecule has 0 saturated carbocycles. The van der Waals surface area contributed by atoms with Crippen LogP contribution in [0.2, 0.25) is 5.15 Å². The number of aromatic nitrogens is 2. The summed E-state index contributed by atoms with van der Waals surface area (Å²) in [7, 11) is 0. The number of carbonyl (C=O) groups excluding carboxylic acids is 3. The molecule has 11 nitrogen and oxygen atoms in total. The summed E-state index contributed by atoms with van der Waals surface area (Å²) in [6, 6.07) is 11.2. The lowest BCUT2D eigenvalue weighted by Gasteiger charge is -2.35. The first kappa shape index (κ1) is 32.5. The molecule has 12 heteroatoms. The normalized spacial score (nSPS) is 17.6. The lowest BCUT2D eigenvalue weighted by atomic mass is 10.0. The number of terminal acetylenes is 1. The molecule has 3 aromatic rings. The third-order valence-corrected chi connectivity index (χ3v) is 6.98. The van der Waals surface area contributed by atoms with Gasteiger partial charge in [-0.05, 0) is 58.7 Å². The van der Waals surface area contributed by atoms with Crippen LogP contribution >= 0.6 is 11.6 Å². The summed E-state index contributed by atoms with van der Waals surface area (Å²) in [5.41, 5.74) is -1.59. The Hall–Kier alpha value is -4.40. The molecule has 2 amide bonds. The quantitative estimate of drug-likeness (QED) is 0.169. The summed E-state index contributed by atoms with van der Waals surface area (Å²) in [5, 5.41) is 3.07. The molecule has 1 saturated heterocycles. The van der Waals surface area contributed by atoms with E-state index in [1.165, 1.54) is 27.8 Å². The van der Waals surface area contributed by atoms with Crippen molar-refractivity contribution in [1.29, 1.82) is 0 Å². The van der Waals surface area contributed by atoms with Crippen molar-refractivity contribution < 1.29 is 28.6 Å². The highest BCUT2D eigenvalue weighted by Crippen LogP contribution is 2.43. The molecule has 0 bridgehead atoms. The van der Waals surface area contributed by atoms with Crippen LogP contribution in [0.1, 0.15) is 63.0 Å². The van der Waals surface area contributed by atoms with Gasteiger partial charge in [-0.2, -0.15) is 0 Å². The molecule has 1 aliphatic rings. The summed E-state index contributed by atoms with van der Waals surface area (Å²) in [5.74, 6) is 1.20. The van der Waals surface area contributed by atoms with Gasteiger partial charge in [0.25, 0.3) is 5.91 Å². The average Bonchev–Trinajstić information content (AvgIpc) is 3.25. The van der Waals surface area contributed by atoms with Gasteiger partial charge in [0.2, 0.25) is 5.43 Å². The van der Waals surface area contributed by atoms with Gasteiger partial charge in [-0.25, -0.2) is 14.6 Å². The van der Waals surface area contributed by atoms with Gasteiger partial charge in [-0.15, -0.1) is 6.42 Å². The Morgan fingerprint density at radius 1 is 1.16 bits per heavy atom. The van der Waals surface area contributed by atoms with Crippen LogP contribution in [0.3, 0.4) is 0 Å². The van der Waals surface area contributed by atoms with Crippen molar-refractivity contribution in [2.75, 3.05) is 13.2 Å². The maximum Gasteiger partial charge on any atom is 0.413 e. The number of hydrogen-bond donors (Lipinski definition) is 1. The highest BCUT2D eigenvalue weighted by Gasteiger charge is 2.55. The molecule has 1 N–H and O–H groups in total. The Balaban J connectivity index is 1.41. The predicted molar refractivity (Wildman–Crippen MR) is 164 cm³/mol. The first-order valence-corrected chi connectivity index (χ1v) is 14.4. The second-order valence-electron chi connectivity index (χ2n) is 11.7. The summed E-state index contributed by atoms with van der Waals surface area (Å²) < 4.78 is 18.8. The highest BCUT2D eigenvalue weighted by atomic mass is 35.5. The minimum atomic E-state index is -1.17. The van der Waals surface area contributed by atoms with E-state index in [1.807, 2.05) is 18.2 Å². The number of ether oxygens (including phenoxy) is 3. The number of esters is 1. The summed E-state index contributed by atoms with van der Waals surface area (Å²) in [4.78, 5) is 58.0. The molecule has 0 radical (unpaired) electrons. The molecule has 1 aliphatic heterocycles. The van der Waals surface area contributed by atoms with Crippen molar-refractivity contribution in [1.82, 2.24) is 19.8 Å². The smallest absolute Gasteiger partial charge is 0.413 e. The van der Waals surface area contributed by atoms with E-state index in [1.54, 1.807) is 46.8 Å². The average molecular weight is 623 g/mol. The number of fused-ring (bicyclic) bond motifs is 1. The number of carbonyl (C=O) groups is 3. The zero-order chi connectivity index (χ0) is 32.2. The first-order valence-electron chi connectivity index (χ1n) is 14.1. The third kappa shape index (κ3) is 7.21. The maximum absolute atomic E-state index is 13.3. The fraction of sp³-hybridized carbons (Fsp3) is 0.406. The number of rotatable bonds is 8. The van der Waals surface area contributed by atoms with Crippen LogP contribution in [0.15, 0.2) is 53.5 Å². The largest absolute Gasteiger partial charge is 0.464 e. The molecule has 0 aliphatic carbocycles. The van der Waals surface area contributed by atoms with Crippen molar-refractivity contribution in [3.05, 3.63) is 75.2 Å². The van der Waals surface area contributed by atoms with Gasteiger partial charge in [-0.1, -0.05) is 47.9 Å². The van der Waals surface area contributed by atoms with Gasteiger partial charge in [0.15, 0.2) is 6.10 Å². The molecule has 0 spiro atoms. The van der Waals surface area contributed by atoms with Gasteiger partial charge >= 0.3 is 12.1 Å². The molecular formula is C32H35ClN4O7. The van der Waals surface area contributed by atoms with Crippen molar-refractivity contribution in [2.45, 2.75) is 71.1 Å². The van der Waals surface area contributed by atoms with Gasteiger partial charge in [0.05, 0.1) is 18.5 Å². The van der Waals surface area contributed by atoms with Gasteiger partial charge in [0, 0.05) is 12.7 Å². The van der Waals surface area contributed by atoms with E-state index in [-0.39, 0.29) is 47.9 Å². The number of pyridine rings is 2. The van der Waals surface area contributed by atoms with E-state index in [9.17, 15) is 19.2 Å². The number of nitrogens with zero attached hydrogens (tertiary/aromatic N) is 3. The number of amides is 2. The van der Waals surface area contributed by atoms with E-state index in [2.05, 4.69) is 16.2 Å². The van der Waals surface area contributed by atoms with Crippen molar-refractivity contribution in [3.8, 4) is 12.3 Å². The Bertz CT molecular complexity index is 1660. The molecule has 232 valence electrons. The maximum atomic E-state index is 13.3. The first-order chi connectivity index (χ1) is 20.7. The molecule has 4 rings (SSSR count). The second kappa shape index (κ2) is 13.1. The van der Waals surface area contributed by atoms with Crippen LogP contribution in [0, 0.1) is 12.3 Å². The molecule has 2 aromatic heterocycles. The number of nitrogens with one attached hydrogen (secondary N) is 1. The topological polar surface area (TPSA) is 129 Å². The summed E-state index contributed by atoms with van der Waals surface area (Å²) in [6.45, 7) is 8.80. The summed E-state index contributed by atoms with van der Waals surface area (Å²) >= 11 is 5.98. The lowest BCUT2D eigenvalue weighted by Crippen LogP contribution is -2.47. The minimum Gasteiger partial charge on any atom is -0.464 e. The monoisotopic (exact) mass is 622 g/mol. The van der Waals surface area contributed by atoms with Crippen LogP contribution < -0.4 is 10.7 Å². The fourth-order valence-corrected chi connectivity index (χ4v) is 5.09. The van der Waals surface area contributed by atoms with E-state index in [0.29, 0.717) is 5.56 Å². The molecular weight excluding hydrogens is 588 g/mol. The van der Waals surface area contributed by atoms with Crippen molar-refractivity contribution >= 4 is 40.6 Å². The predicted octanol–water partition coefficient (Wildman–Crippen LogP) is 4.46. The van der Waals surface area contributed by atoms with Gasteiger partial charge in [0.1, 0.15) is 33.7 Å². The van der Waals surface area contributed by atoms with Gasteiger partial charge < -0.3 is 24.1 Å². The molecule has 1 aromatic carbocycles. The van der Waals surface area contributed by atoms with Crippen LogP contribution in [0.25, 0.3) is 11.0 Å². The second-order valence-corrected chi connectivity index (χ2v) is 12.1. The fourth-order valence-electron chi connectivity index (χ4n) is 4.94. The van der Waals surface area contributed by atoms with Gasteiger partial charge in [-0.3, -0.25) is 14.5 Å². The van der Waals surface area contributed by atoms with Crippen molar-refractivity contribution in [2.24, 2.45) is 0 Å². The van der Waals surface area contributed by atoms with E-state index in [4.69, 9.17) is 32.2 Å². The van der Waals surface area contributed by atoms with Crippen LogP contribution in [0.4, 0.5) is 4.79 Å². The zero-order valence-corrected chi connectivity index (χ0v) is 26.0. The van der Waals surface area contributed by atoms with E-state index >= 15 is 0 Å². The molecule has 0 unspecified atom stereocenters. The van der Waals surface area contributed by atoms with Crippen LogP contribution in [-0.4, -0.2) is 63.0 Å². The number of hydrogen-bond acceptors (Lipinski definition) is 8. The van der Waals surface area contributed by atoms with E-state index in [0.717, 1.165) is 0 Å². The minimum absolute atomic E-state index is 0.0468. The Morgan fingerprint density at radius 2 is 1.86 bits per heavy atom. The van der Waals surface area contributed by atoms with Crippen LogP contribution in [-0.2, 0) is 25.5 Å². The van der Waals surface area contributed by atoms with Crippen LogP contribution in [0.5, 0.6) is 0 Å². The highest BCUT2D eigenvalue weighted by molar-refractivity contribution is 6.29. The molecule has 3 heterocycles.